The zero-order valence-electron chi connectivity index (χ0n) is 42.3. The van der Waals surface area contributed by atoms with Crippen LogP contribution in [-0.2, 0) is 14.3 Å². The minimum Gasteiger partial charge on any atom is -0.394 e. The predicted molar refractivity (Wildman–Crippen MR) is 268 cm³/mol. The summed E-state index contributed by atoms with van der Waals surface area (Å²) in [7, 11) is 0. The molecule has 1 heterocycles. The first-order valence-corrected chi connectivity index (χ1v) is 28.2. The van der Waals surface area contributed by atoms with Crippen LogP contribution in [0.2, 0.25) is 0 Å². The molecule has 0 aromatic carbocycles. The Hall–Kier alpha value is -0.810. The maximum atomic E-state index is 13.1. The lowest BCUT2D eigenvalue weighted by Crippen LogP contribution is -2.60. The van der Waals surface area contributed by atoms with E-state index in [0.29, 0.717) is 12.8 Å². The van der Waals surface area contributed by atoms with Crippen molar-refractivity contribution in [1.82, 2.24) is 5.32 Å². The second-order valence-corrected chi connectivity index (χ2v) is 20.1. The smallest absolute Gasteiger partial charge is 0.220 e. The predicted octanol–water partition coefficient (Wildman–Crippen LogP) is 13.5. The van der Waals surface area contributed by atoms with Crippen molar-refractivity contribution in [3.63, 3.8) is 0 Å². The van der Waals surface area contributed by atoms with E-state index in [1.165, 1.54) is 225 Å². The second-order valence-electron chi connectivity index (χ2n) is 20.1. The van der Waals surface area contributed by atoms with E-state index in [-0.39, 0.29) is 12.5 Å². The van der Waals surface area contributed by atoms with Crippen LogP contribution in [-0.4, -0.2) is 87.5 Å². The van der Waals surface area contributed by atoms with E-state index in [0.717, 1.165) is 38.5 Å². The molecule has 1 aliphatic rings. The Bertz CT molecular complexity index is 970. The van der Waals surface area contributed by atoms with E-state index in [2.05, 4.69) is 19.2 Å². The first-order chi connectivity index (χ1) is 31.3. The van der Waals surface area contributed by atoms with Crippen molar-refractivity contribution in [1.29, 1.82) is 0 Å². The highest BCUT2D eigenvalue weighted by Gasteiger charge is 2.44. The SMILES string of the molecule is CCCCCCCCCCCCCCCCCCCCCCCCCCCC(=O)N[C@@H](CO[C@@H]1O[C@H](CO)[C@H](O)C(O)C1O)[C@H](O)CCCCCCCCCCCCCCCCCC. The van der Waals surface area contributed by atoms with Crippen LogP contribution < -0.4 is 5.32 Å². The number of aliphatic hydroxyl groups excluding tert-OH is 5. The molecule has 9 nitrogen and oxygen atoms in total. The maximum Gasteiger partial charge on any atom is 0.220 e. The zero-order chi connectivity index (χ0) is 46.6. The molecule has 1 saturated heterocycles. The first-order valence-electron chi connectivity index (χ1n) is 28.2. The maximum absolute atomic E-state index is 13.1. The number of carbonyl (C=O) groups is 1. The molecule has 7 atom stereocenters. The van der Waals surface area contributed by atoms with Crippen molar-refractivity contribution in [2.24, 2.45) is 0 Å². The second kappa shape index (κ2) is 45.9. The number of nitrogens with one attached hydrogen (secondary N) is 1. The van der Waals surface area contributed by atoms with Gasteiger partial charge in [0.25, 0.3) is 0 Å². The van der Waals surface area contributed by atoms with Crippen LogP contribution in [0, 0.1) is 0 Å². The van der Waals surface area contributed by atoms with Gasteiger partial charge in [-0.3, -0.25) is 4.79 Å². The Kier molecular flexibility index (Phi) is 43.9. The molecule has 0 aromatic rings. The van der Waals surface area contributed by atoms with Crippen LogP contribution in [0.25, 0.3) is 0 Å². The van der Waals surface area contributed by atoms with Crippen LogP contribution in [0.5, 0.6) is 0 Å². The normalized spacial score (nSPS) is 19.9. The molecule has 0 saturated carbocycles. The average molecular weight is 912 g/mol. The third-order valence-corrected chi connectivity index (χ3v) is 14.0. The van der Waals surface area contributed by atoms with Crippen LogP contribution in [0.15, 0.2) is 0 Å². The summed E-state index contributed by atoms with van der Waals surface area (Å²) in [6.07, 6.45) is 47.0. The van der Waals surface area contributed by atoms with Gasteiger partial charge in [0.15, 0.2) is 6.29 Å². The van der Waals surface area contributed by atoms with E-state index in [9.17, 15) is 30.3 Å². The van der Waals surface area contributed by atoms with Crippen molar-refractivity contribution >= 4 is 5.91 Å². The fourth-order valence-corrected chi connectivity index (χ4v) is 9.46. The van der Waals surface area contributed by atoms with Gasteiger partial charge < -0.3 is 40.3 Å². The molecule has 1 aliphatic heterocycles. The van der Waals surface area contributed by atoms with Crippen molar-refractivity contribution < 1.29 is 39.8 Å². The Morgan fingerprint density at radius 3 is 1.11 bits per heavy atom. The molecule has 9 heteroatoms. The molecule has 2 unspecified atom stereocenters. The monoisotopic (exact) mass is 912 g/mol. The van der Waals surface area contributed by atoms with Gasteiger partial charge in [0, 0.05) is 6.42 Å². The topological polar surface area (TPSA) is 149 Å². The van der Waals surface area contributed by atoms with Gasteiger partial charge in [0.05, 0.1) is 25.4 Å². The summed E-state index contributed by atoms with van der Waals surface area (Å²) in [5.74, 6) is -0.137. The first kappa shape index (κ1) is 61.2. The molecule has 64 heavy (non-hydrogen) atoms. The number of ether oxygens (including phenoxy) is 2. The van der Waals surface area contributed by atoms with Gasteiger partial charge in [-0.05, 0) is 12.8 Å². The summed E-state index contributed by atoms with van der Waals surface area (Å²) in [6, 6.07) is -0.713. The summed E-state index contributed by atoms with van der Waals surface area (Å²) < 4.78 is 11.3. The van der Waals surface area contributed by atoms with Crippen LogP contribution in [0.3, 0.4) is 0 Å². The highest BCUT2D eigenvalue weighted by Crippen LogP contribution is 2.23. The quantitative estimate of drug-likeness (QED) is 0.0331. The van der Waals surface area contributed by atoms with Gasteiger partial charge in [0.2, 0.25) is 5.91 Å². The van der Waals surface area contributed by atoms with Gasteiger partial charge in [-0.2, -0.15) is 0 Å². The summed E-state index contributed by atoms with van der Waals surface area (Å²) in [5, 5.41) is 54.6. The lowest BCUT2D eigenvalue weighted by molar-refractivity contribution is -0.302. The number of hydrogen-bond donors (Lipinski definition) is 6. The Labute approximate surface area is 395 Å². The van der Waals surface area contributed by atoms with E-state index >= 15 is 0 Å². The number of aliphatic hydroxyl groups is 5. The lowest BCUT2D eigenvalue weighted by Gasteiger charge is -2.40. The fraction of sp³-hybridized carbons (Fsp3) is 0.982. The van der Waals surface area contributed by atoms with E-state index in [1.54, 1.807) is 0 Å². The molecule has 1 fully saturated rings. The molecule has 0 spiro atoms. The van der Waals surface area contributed by atoms with Gasteiger partial charge in [-0.1, -0.05) is 271 Å². The number of amides is 1. The highest BCUT2D eigenvalue weighted by molar-refractivity contribution is 5.76. The van der Waals surface area contributed by atoms with Crippen molar-refractivity contribution in [2.75, 3.05) is 13.2 Å². The standard InChI is InChI=1S/C55H109NO8/c1-3-5-7-9-11-13-15-17-19-21-22-23-24-25-26-27-28-29-31-33-35-37-39-41-43-45-51(59)56-48(47-63-55-54(62)53(61)52(60)50(46-57)64-55)49(58)44-42-40-38-36-34-32-30-20-18-16-14-12-10-8-6-4-2/h48-50,52-55,57-58,60-62H,3-47H2,1-2H3,(H,56,59)/t48-,49+,50+,52-,53?,54?,55+/m0/s1. The number of unbranched alkanes of at least 4 members (excludes halogenated alkanes) is 39. The number of carbonyl (C=O) groups excluding carboxylic acids is 1. The third-order valence-electron chi connectivity index (χ3n) is 14.0. The van der Waals surface area contributed by atoms with Crippen molar-refractivity contribution in [2.45, 2.75) is 333 Å². The molecule has 382 valence electrons. The van der Waals surface area contributed by atoms with E-state index < -0.39 is 49.5 Å². The largest absolute Gasteiger partial charge is 0.394 e. The number of hydrogen-bond acceptors (Lipinski definition) is 8. The van der Waals surface area contributed by atoms with Gasteiger partial charge in [-0.25, -0.2) is 0 Å². The van der Waals surface area contributed by atoms with Crippen LogP contribution in [0.4, 0.5) is 0 Å². The minimum atomic E-state index is -1.55. The van der Waals surface area contributed by atoms with E-state index in [4.69, 9.17) is 9.47 Å². The molecule has 0 aromatic heterocycles. The zero-order valence-corrected chi connectivity index (χ0v) is 42.3. The lowest BCUT2D eigenvalue weighted by atomic mass is 9.99. The van der Waals surface area contributed by atoms with Crippen LogP contribution >= 0.6 is 0 Å². The van der Waals surface area contributed by atoms with Gasteiger partial charge in [0.1, 0.15) is 24.4 Å². The van der Waals surface area contributed by atoms with Gasteiger partial charge >= 0.3 is 0 Å². The molecule has 6 N–H and O–H groups in total. The van der Waals surface area contributed by atoms with Gasteiger partial charge in [-0.15, -0.1) is 0 Å². The third kappa shape index (κ3) is 35.3. The minimum absolute atomic E-state index is 0.131. The van der Waals surface area contributed by atoms with Crippen molar-refractivity contribution in [3.05, 3.63) is 0 Å². The highest BCUT2D eigenvalue weighted by atomic mass is 16.7. The molecular weight excluding hydrogens is 803 g/mol. The Morgan fingerprint density at radius 2 is 0.781 bits per heavy atom. The fourth-order valence-electron chi connectivity index (χ4n) is 9.46. The summed E-state index contributed by atoms with van der Waals surface area (Å²) in [5.41, 5.74) is 0. The molecular formula is C55H109NO8. The number of rotatable bonds is 49. The molecule has 0 radical (unpaired) electrons. The molecule has 1 rings (SSSR count). The summed E-state index contributed by atoms with van der Waals surface area (Å²) >= 11 is 0. The van der Waals surface area contributed by atoms with Crippen molar-refractivity contribution in [3.8, 4) is 0 Å². The molecule has 0 bridgehead atoms. The van der Waals surface area contributed by atoms with E-state index in [1.807, 2.05) is 0 Å². The average Bonchev–Trinajstić information content (AvgIpc) is 3.29. The Balaban J connectivity index is 2.17. The summed E-state index contributed by atoms with van der Waals surface area (Å²) in [6.45, 7) is 3.88. The summed E-state index contributed by atoms with van der Waals surface area (Å²) in [4.78, 5) is 13.1. The van der Waals surface area contributed by atoms with Crippen LogP contribution in [0.1, 0.15) is 290 Å². The Morgan fingerprint density at radius 1 is 0.469 bits per heavy atom. The molecule has 1 amide bonds. The molecule has 0 aliphatic carbocycles.